The fourth-order valence-corrected chi connectivity index (χ4v) is 3.69. The van der Waals surface area contributed by atoms with Crippen LogP contribution >= 0.6 is 0 Å². The molecule has 1 aliphatic heterocycles. The van der Waals surface area contributed by atoms with Crippen LogP contribution in [0.15, 0.2) is 42.7 Å². The van der Waals surface area contributed by atoms with Gasteiger partial charge in [-0.2, -0.15) is 0 Å². The highest BCUT2D eigenvalue weighted by atomic mass is 16.5. The molecule has 1 aromatic carbocycles. The summed E-state index contributed by atoms with van der Waals surface area (Å²) in [4.78, 5) is 6.72. The van der Waals surface area contributed by atoms with Gasteiger partial charge in [0.25, 0.3) is 0 Å². The van der Waals surface area contributed by atoms with E-state index < -0.39 is 0 Å². The van der Waals surface area contributed by atoms with Crippen LogP contribution in [0.3, 0.4) is 0 Å². The lowest BCUT2D eigenvalue weighted by atomic mass is 10.0. The molecule has 0 bridgehead atoms. The molecule has 0 unspecified atom stereocenters. The highest BCUT2D eigenvalue weighted by Gasteiger charge is 2.19. The second-order valence-corrected chi connectivity index (χ2v) is 7.98. The van der Waals surface area contributed by atoms with Crippen LogP contribution in [0.25, 0.3) is 0 Å². The number of ether oxygens (including phenoxy) is 2. The Morgan fingerprint density at radius 2 is 1.96 bits per heavy atom. The summed E-state index contributed by atoms with van der Waals surface area (Å²) in [6.45, 7) is 9.51. The third-order valence-corrected chi connectivity index (χ3v) is 5.15. The summed E-state index contributed by atoms with van der Waals surface area (Å²) >= 11 is 0. The van der Waals surface area contributed by atoms with Crippen LogP contribution in [0.1, 0.15) is 37.8 Å². The topological polar surface area (TPSA) is 46.6 Å². The zero-order valence-corrected chi connectivity index (χ0v) is 17.4. The van der Waals surface area contributed by atoms with Gasteiger partial charge in [0, 0.05) is 37.1 Å². The number of pyridine rings is 1. The molecule has 3 rings (SSSR count). The number of piperidine rings is 1. The Bertz CT molecular complexity index is 713. The van der Waals surface area contributed by atoms with Gasteiger partial charge < -0.3 is 19.7 Å². The summed E-state index contributed by atoms with van der Waals surface area (Å²) in [5, 5.41) is 3.72. The first kappa shape index (κ1) is 20.6. The van der Waals surface area contributed by atoms with Crippen molar-refractivity contribution < 1.29 is 9.47 Å². The first-order chi connectivity index (χ1) is 13.6. The molecule has 1 aromatic heterocycles. The van der Waals surface area contributed by atoms with Crippen LogP contribution in [0, 0.1) is 5.92 Å². The van der Waals surface area contributed by atoms with Crippen LogP contribution in [-0.4, -0.2) is 42.7 Å². The van der Waals surface area contributed by atoms with Crippen molar-refractivity contribution in [1.29, 1.82) is 0 Å². The van der Waals surface area contributed by atoms with Crippen LogP contribution in [0.5, 0.6) is 11.5 Å². The normalized spacial score (nSPS) is 15.7. The number of hydrogen-bond acceptors (Lipinski definition) is 5. The molecule has 0 amide bonds. The van der Waals surface area contributed by atoms with Crippen molar-refractivity contribution in [3.63, 3.8) is 0 Å². The number of nitrogens with one attached hydrogen (secondary N) is 1. The number of hydrogen-bond donors (Lipinski definition) is 1. The van der Waals surface area contributed by atoms with Gasteiger partial charge in [0.15, 0.2) is 11.5 Å². The molecule has 5 nitrogen and oxygen atoms in total. The van der Waals surface area contributed by atoms with Gasteiger partial charge in [-0.25, -0.2) is 0 Å². The molecule has 152 valence electrons. The summed E-state index contributed by atoms with van der Waals surface area (Å²) in [5.74, 6) is 2.28. The molecule has 0 radical (unpaired) electrons. The lowest BCUT2D eigenvalue weighted by Gasteiger charge is -2.33. The van der Waals surface area contributed by atoms with E-state index in [9.17, 15) is 0 Å². The van der Waals surface area contributed by atoms with Crippen LogP contribution in [0.4, 0.5) is 0 Å². The molecule has 0 spiro atoms. The van der Waals surface area contributed by atoms with Crippen molar-refractivity contribution in [2.75, 3.05) is 26.7 Å². The summed E-state index contributed by atoms with van der Waals surface area (Å²) in [6.07, 6.45) is 6.02. The quantitative estimate of drug-likeness (QED) is 0.712. The van der Waals surface area contributed by atoms with Crippen LogP contribution in [-0.2, 0) is 13.2 Å². The van der Waals surface area contributed by atoms with Gasteiger partial charge in [-0.3, -0.25) is 4.98 Å². The Labute approximate surface area is 169 Å². The van der Waals surface area contributed by atoms with Gasteiger partial charge in [0.2, 0.25) is 0 Å². The fourth-order valence-electron chi connectivity index (χ4n) is 3.69. The molecule has 5 heteroatoms. The number of benzene rings is 1. The minimum Gasteiger partial charge on any atom is -0.493 e. The van der Waals surface area contributed by atoms with E-state index in [0.717, 1.165) is 29.5 Å². The minimum atomic E-state index is 0.482. The molecule has 2 heterocycles. The molecule has 0 atom stereocenters. The number of aromatic nitrogens is 1. The van der Waals surface area contributed by atoms with Gasteiger partial charge >= 0.3 is 0 Å². The Balaban J connectivity index is 1.52. The number of likely N-dealkylation sites (tertiary alicyclic amines) is 1. The largest absolute Gasteiger partial charge is 0.493 e. The molecular formula is C23H33N3O2. The lowest BCUT2D eigenvalue weighted by molar-refractivity contribution is 0.179. The number of nitrogens with zero attached hydrogens (tertiary/aromatic N) is 2. The second-order valence-electron chi connectivity index (χ2n) is 7.98. The molecule has 0 aliphatic carbocycles. The Kier molecular flexibility index (Phi) is 7.69. The standard InChI is InChI=1S/C23H33N3O2/c1-18(2)16-26-11-8-21(9-12-26)25-15-19-6-7-22(27-3)23(13-19)28-17-20-5-4-10-24-14-20/h4-7,10,13-14,18,21,25H,8-9,11-12,15-17H2,1-3H3. The smallest absolute Gasteiger partial charge is 0.161 e. The van der Waals surface area contributed by atoms with E-state index in [1.165, 1.54) is 38.0 Å². The third-order valence-electron chi connectivity index (χ3n) is 5.15. The Morgan fingerprint density at radius 1 is 1.14 bits per heavy atom. The lowest BCUT2D eigenvalue weighted by Crippen LogP contribution is -2.43. The van der Waals surface area contributed by atoms with Crippen molar-refractivity contribution in [2.45, 2.75) is 45.9 Å². The molecule has 1 aliphatic rings. The van der Waals surface area contributed by atoms with E-state index in [2.05, 4.69) is 41.2 Å². The number of methoxy groups -OCH3 is 1. The zero-order chi connectivity index (χ0) is 19.8. The van der Waals surface area contributed by atoms with Gasteiger partial charge in [-0.15, -0.1) is 0 Å². The second kappa shape index (κ2) is 10.4. The minimum absolute atomic E-state index is 0.482. The zero-order valence-electron chi connectivity index (χ0n) is 17.4. The first-order valence-corrected chi connectivity index (χ1v) is 10.3. The average molecular weight is 384 g/mol. The third kappa shape index (κ3) is 6.21. The molecule has 1 saturated heterocycles. The monoisotopic (exact) mass is 383 g/mol. The van der Waals surface area contributed by atoms with E-state index in [-0.39, 0.29) is 0 Å². The number of rotatable bonds is 9. The van der Waals surface area contributed by atoms with Gasteiger partial charge in [0.1, 0.15) is 6.61 Å². The van der Waals surface area contributed by atoms with Gasteiger partial charge in [-0.1, -0.05) is 26.0 Å². The molecule has 2 aromatic rings. The Hall–Kier alpha value is -2.11. The van der Waals surface area contributed by atoms with Gasteiger partial charge in [-0.05, 0) is 55.6 Å². The molecule has 0 saturated carbocycles. The summed E-state index contributed by atoms with van der Waals surface area (Å²) in [5.41, 5.74) is 2.26. The van der Waals surface area contributed by atoms with Crippen molar-refractivity contribution >= 4 is 0 Å². The first-order valence-electron chi connectivity index (χ1n) is 10.3. The SMILES string of the molecule is COc1ccc(CNC2CCN(CC(C)C)CC2)cc1OCc1cccnc1. The Morgan fingerprint density at radius 3 is 2.64 bits per heavy atom. The van der Waals surface area contributed by atoms with E-state index >= 15 is 0 Å². The van der Waals surface area contributed by atoms with Gasteiger partial charge in [0.05, 0.1) is 7.11 Å². The highest BCUT2D eigenvalue weighted by molar-refractivity contribution is 5.43. The van der Waals surface area contributed by atoms with Crippen molar-refractivity contribution in [1.82, 2.24) is 15.2 Å². The van der Waals surface area contributed by atoms with Crippen molar-refractivity contribution in [3.8, 4) is 11.5 Å². The predicted molar refractivity (Wildman–Crippen MR) is 113 cm³/mol. The molecular weight excluding hydrogens is 350 g/mol. The average Bonchev–Trinajstić information content (AvgIpc) is 2.72. The fraction of sp³-hybridized carbons (Fsp3) is 0.522. The predicted octanol–water partition coefficient (Wildman–Crippen LogP) is 3.88. The molecule has 1 N–H and O–H groups in total. The maximum Gasteiger partial charge on any atom is 0.161 e. The molecule has 28 heavy (non-hydrogen) atoms. The van der Waals surface area contributed by atoms with E-state index in [4.69, 9.17) is 9.47 Å². The van der Waals surface area contributed by atoms with E-state index in [1.54, 1.807) is 13.3 Å². The maximum atomic E-state index is 6.00. The van der Waals surface area contributed by atoms with Crippen LogP contribution < -0.4 is 14.8 Å². The molecule has 1 fully saturated rings. The maximum absolute atomic E-state index is 6.00. The van der Waals surface area contributed by atoms with E-state index in [1.807, 2.05) is 24.4 Å². The van der Waals surface area contributed by atoms with Crippen molar-refractivity contribution in [2.24, 2.45) is 5.92 Å². The van der Waals surface area contributed by atoms with Crippen LogP contribution in [0.2, 0.25) is 0 Å². The highest BCUT2D eigenvalue weighted by Crippen LogP contribution is 2.29. The summed E-state index contributed by atoms with van der Waals surface area (Å²) < 4.78 is 11.5. The van der Waals surface area contributed by atoms with Crippen molar-refractivity contribution in [3.05, 3.63) is 53.9 Å². The van der Waals surface area contributed by atoms with E-state index in [0.29, 0.717) is 12.6 Å². The summed E-state index contributed by atoms with van der Waals surface area (Å²) in [6, 6.07) is 10.7. The summed E-state index contributed by atoms with van der Waals surface area (Å²) in [7, 11) is 1.68.